The molecule has 3 heteroatoms. The van der Waals surface area contributed by atoms with E-state index in [1.807, 2.05) is 13.3 Å². The first-order valence-corrected chi connectivity index (χ1v) is 6.05. The molecular weight excluding hydrogens is 115 g/mol. The SMILES string of the molecule is CP(C)S(C)=O. The lowest BCUT2D eigenvalue weighted by atomic mass is 11.9. The highest BCUT2D eigenvalue weighted by atomic mass is 32.7. The number of rotatable bonds is 1. The van der Waals surface area contributed by atoms with Gasteiger partial charge in [0.15, 0.2) is 0 Å². The van der Waals surface area contributed by atoms with Gasteiger partial charge >= 0.3 is 0 Å². The lowest BCUT2D eigenvalue weighted by molar-refractivity contribution is 0.694. The minimum Gasteiger partial charge on any atom is -0.255 e. The maximum Gasteiger partial charge on any atom is 0.0392 e. The Kier molecular flexibility index (Phi) is 2.96. The third-order valence-corrected chi connectivity index (χ3v) is 4.63. The maximum atomic E-state index is 10.3. The molecule has 1 atom stereocenters. The molecule has 38 valence electrons. The minimum atomic E-state index is -0.552. The molecule has 0 amide bonds. The Labute approximate surface area is 42.1 Å². The Morgan fingerprint density at radius 1 is 1.50 bits per heavy atom. The summed E-state index contributed by atoms with van der Waals surface area (Å²) < 4.78 is 10.3. The van der Waals surface area contributed by atoms with Crippen molar-refractivity contribution < 1.29 is 4.21 Å². The monoisotopic (exact) mass is 124 g/mol. The molecule has 1 unspecified atom stereocenters. The second-order valence-corrected chi connectivity index (χ2v) is 7.44. The van der Waals surface area contributed by atoms with Crippen LogP contribution in [-0.4, -0.2) is 23.8 Å². The average molecular weight is 124 g/mol. The van der Waals surface area contributed by atoms with Crippen molar-refractivity contribution >= 4 is 17.5 Å². The zero-order valence-corrected chi connectivity index (χ0v) is 5.97. The van der Waals surface area contributed by atoms with Crippen molar-refractivity contribution in [3.8, 4) is 0 Å². The van der Waals surface area contributed by atoms with Gasteiger partial charge in [0.1, 0.15) is 0 Å². The number of hydrogen-bond donors (Lipinski definition) is 0. The molecular formula is C3H9OPS. The highest BCUT2D eigenvalue weighted by Gasteiger charge is 1.91. The molecule has 0 radical (unpaired) electrons. The summed E-state index contributed by atoms with van der Waals surface area (Å²) in [6, 6.07) is 0. The largest absolute Gasteiger partial charge is 0.255 e. The zero-order chi connectivity index (χ0) is 5.15. The van der Waals surface area contributed by atoms with Crippen molar-refractivity contribution in [1.29, 1.82) is 0 Å². The minimum absolute atomic E-state index is 0.187. The molecule has 0 N–H and O–H groups in total. The molecule has 0 bridgehead atoms. The molecule has 0 fully saturated rings. The zero-order valence-electron chi connectivity index (χ0n) is 4.26. The van der Waals surface area contributed by atoms with Crippen LogP contribution in [0.1, 0.15) is 0 Å². The first-order chi connectivity index (χ1) is 2.64. The van der Waals surface area contributed by atoms with E-state index < -0.39 is 10.4 Å². The predicted molar refractivity (Wildman–Crippen MR) is 32.8 cm³/mol. The second kappa shape index (κ2) is 2.70. The van der Waals surface area contributed by atoms with Crippen molar-refractivity contribution in [2.75, 3.05) is 19.6 Å². The Bertz CT molecular complexity index is 61.8. The van der Waals surface area contributed by atoms with Crippen molar-refractivity contribution in [3.63, 3.8) is 0 Å². The Morgan fingerprint density at radius 2 is 1.67 bits per heavy atom. The summed E-state index contributed by atoms with van der Waals surface area (Å²) in [6.45, 7) is 4.01. The highest BCUT2D eigenvalue weighted by molar-refractivity contribution is 8.45. The van der Waals surface area contributed by atoms with Gasteiger partial charge in [0.25, 0.3) is 0 Å². The molecule has 0 heterocycles. The molecule has 0 saturated heterocycles. The van der Waals surface area contributed by atoms with Crippen molar-refractivity contribution in [2.24, 2.45) is 0 Å². The fourth-order valence-corrected chi connectivity index (χ4v) is 0. The molecule has 0 aromatic carbocycles. The smallest absolute Gasteiger partial charge is 0.0392 e. The van der Waals surface area contributed by atoms with E-state index in [0.29, 0.717) is 0 Å². The van der Waals surface area contributed by atoms with E-state index in [2.05, 4.69) is 0 Å². The van der Waals surface area contributed by atoms with E-state index in [0.717, 1.165) is 0 Å². The molecule has 0 aliphatic carbocycles. The summed E-state index contributed by atoms with van der Waals surface area (Å²) in [6.07, 6.45) is 1.74. The van der Waals surface area contributed by atoms with Gasteiger partial charge in [-0.25, -0.2) is 0 Å². The van der Waals surface area contributed by atoms with Gasteiger partial charge in [0, 0.05) is 16.7 Å². The predicted octanol–water partition coefficient (Wildman–Crippen LogP) is 1.02. The molecule has 0 aromatic heterocycles. The maximum absolute atomic E-state index is 10.3. The van der Waals surface area contributed by atoms with E-state index in [1.165, 1.54) is 0 Å². The molecule has 6 heavy (non-hydrogen) atoms. The van der Waals surface area contributed by atoms with Gasteiger partial charge < -0.3 is 0 Å². The summed E-state index contributed by atoms with van der Waals surface area (Å²) in [7, 11) is -0.740. The van der Waals surface area contributed by atoms with Gasteiger partial charge in [-0.05, 0) is 20.5 Å². The van der Waals surface area contributed by atoms with Crippen LogP contribution in [0.2, 0.25) is 0 Å². The molecule has 1 nitrogen and oxygen atoms in total. The number of hydrogen-bond acceptors (Lipinski definition) is 1. The van der Waals surface area contributed by atoms with Crippen LogP contribution in [0.3, 0.4) is 0 Å². The summed E-state index contributed by atoms with van der Waals surface area (Å²) in [4.78, 5) is 0. The molecule has 0 rings (SSSR count). The lowest BCUT2D eigenvalue weighted by Crippen LogP contribution is -1.75. The summed E-state index contributed by atoms with van der Waals surface area (Å²) >= 11 is 0. The van der Waals surface area contributed by atoms with Crippen molar-refractivity contribution in [2.45, 2.75) is 0 Å². The van der Waals surface area contributed by atoms with Crippen LogP contribution in [0.25, 0.3) is 0 Å². The van der Waals surface area contributed by atoms with Gasteiger partial charge in [0.2, 0.25) is 0 Å². The van der Waals surface area contributed by atoms with Crippen molar-refractivity contribution in [1.82, 2.24) is 0 Å². The Hall–Kier alpha value is 0.580. The topological polar surface area (TPSA) is 17.1 Å². The van der Waals surface area contributed by atoms with Gasteiger partial charge in [-0.2, -0.15) is 0 Å². The quantitative estimate of drug-likeness (QED) is 0.477. The molecule has 0 aliphatic heterocycles. The second-order valence-electron chi connectivity index (χ2n) is 1.24. The Balaban J connectivity index is 3.26. The van der Waals surface area contributed by atoms with Crippen LogP contribution >= 0.6 is 7.12 Å². The van der Waals surface area contributed by atoms with Crippen LogP contribution in [-0.2, 0) is 10.4 Å². The normalized spacial score (nSPS) is 15.3. The Morgan fingerprint density at radius 3 is 1.67 bits per heavy atom. The average Bonchev–Trinajstić information content (AvgIpc) is 1.36. The van der Waals surface area contributed by atoms with Crippen LogP contribution in [0.4, 0.5) is 0 Å². The standard InChI is InChI=1S/C3H9OPS/c1-5(2)6(3)4/h1-3H3. The molecule has 0 spiro atoms. The van der Waals surface area contributed by atoms with Crippen LogP contribution in [0.15, 0.2) is 0 Å². The summed E-state index contributed by atoms with van der Waals surface area (Å²) in [5.74, 6) is 0. The van der Waals surface area contributed by atoms with Crippen LogP contribution < -0.4 is 0 Å². The van der Waals surface area contributed by atoms with Gasteiger partial charge in [-0.15, -0.1) is 0 Å². The van der Waals surface area contributed by atoms with Crippen LogP contribution in [0.5, 0.6) is 0 Å². The molecule has 0 aliphatic rings. The van der Waals surface area contributed by atoms with E-state index >= 15 is 0 Å². The van der Waals surface area contributed by atoms with E-state index in [9.17, 15) is 4.21 Å². The fourth-order valence-electron chi connectivity index (χ4n) is 0. The first kappa shape index (κ1) is 6.58. The van der Waals surface area contributed by atoms with Gasteiger partial charge in [-0.3, -0.25) is 4.21 Å². The van der Waals surface area contributed by atoms with E-state index in [-0.39, 0.29) is 7.12 Å². The van der Waals surface area contributed by atoms with Gasteiger partial charge in [-0.1, -0.05) is 0 Å². The van der Waals surface area contributed by atoms with E-state index in [1.54, 1.807) is 6.26 Å². The first-order valence-electron chi connectivity index (χ1n) is 1.65. The summed E-state index contributed by atoms with van der Waals surface area (Å²) in [5, 5.41) is 0. The third-order valence-electron chi connectivity index (χ3n) is 0.514. The molecule has 0 saturated carbocycles. The lowest BCUT2D eigenvalue weighted by Gasteiger charge is -1.93. The van der Waals surface area contributed by atoms with Gasteiger partial charge in [0.05, 0.1) is 0 Å². The van der Waals surface area contributed by atoms with E-state index in [4.69, 9.17) is 0 Å². The fraction of sp³-hybridized carbons (Fsp3) is 1.00. The van der Waals surface area contributed by atoms with Crippen molar-refractivity contribution in [3.05, 3.63) is 0 Å². The third kappa shape index (κ3) is 2.80. The summed E-state index contributed by atoms with van der Waals surface area (Å²) in [5.41, 5.74) is 0. The molecule has 0 aromatic rings. The highest BCUT2D eigenvalue weighted by Crippen LogP contribution is 2.27. The van der Waals surface area contributed by atoms with Crippen LogP contribution in [0, 0.1) is 0 Å².